The van der Waals surface area contributed by atoms with Crippen LogP contribution in [0.5, 0.6) is 23.0 Å². The van der Waals surface area contributed by atoms with Crippen molar-refractivity contribution in [2.75, 3.05) is 35.5 Å². The van der Waals surface area contributed by atoms with Gasteiger partial charge in [-0.15, -0.1) is 11.3 Å². The second kappa shape index (κ2) is 9.49. The van der Waals surface area contributed by atoms with Crippen molar-refractivity contribution in [2.45, 2.75) is 6.92 Å². The van der Waals surface area contributed by atoms with E-state index in [1.54, 1.807) is 35.5 Å². The Bertz CT molecular complexity index is 1130. The second-order valence-electron chi connectivity index (χ2n) is 6.26. The molecule has 0 aliphatic heterocycles. The third kappa shape index (κ3) is 4.18. The summed E-state index contributed by atoms with van der Waals surface area (Å²) in [6, 6.07) is 11.3. The molecule has 3 rings (SSSR count). The van der Waals surface area contributed by atoms with Crippen LogP contribution >= 0.6 is 11.3 Å². The third-order valence-corrected chi connectivity index (χ3v) is 5.52. The minimum atomic E-state index is 0.690. The third-order valence-electron chi connectivity index (χ3n) is 4.61. The van der Waals surface area contributed by atoms with Crippen molar-refractivity contribution in [1.29, 1.82) is 0 Å². The minimum Gasteiger partial charge on any atom is -0.497 e. The van der Waals surface area contributed by atoms with Crippen LogP contribution in [0.4, 0.5) is 0 Å². The molecular weight excluding hydrogens is 402 g/mol. The maximum absolute atomic E-state index is 5.59. The van der Waals surface area contributed by atoms with Crippen molar-refractivity contribution in [3.05, 3.63) is 52.1 Å². The van der Waals surface area contributed by atoms with Crippen LogP contribution in [0.15, 0.2) is 51.9 Å². The van der Waals surface area contributed by atoms with Gasteiger partial charge in [-0.05, 0) is 37.3 Å². The number of ether oxygens (including phenoxy) is 4. The van der Waals surface area contributed by atoms with Gasteiger partial charge in [0, 0.05) is 29.6 Å². The molecule has 0 amide bonds. The van der Waals surface area contributed by atoms with Gasteiger partial charge in [-0.2, -0.15) is 5.10 Å². The Morgan fingerprint density at radius 1 is 0.867 bits per heavy atom. The predicted octanol–water partition coefficient (Wildman–Crippen LogP) is 4.05. The monoisotopic (exact) mass is 427 g/mol. The molecule has 0 radical (unpaired) electrons. The first-order valence-electron chi connectivity index (χ1n) is 9.20. The van der Waals surface area contributed by atoms with E-state index >= 15 is 0 Å². The number of hydrogen-bond acceptors (Lipinski definition) is 7. The summed E-state index contributed by atoms with van der Waals surface area (Å²) in [5.74, 6) is 2.86. The number of nitrogens with zero attached hydrogens (tertiary/aromatic N) is 3. The van der Waals surface area contributed by atoms with Crippen LogP contribution in [0, 0.1) is 0 Å². The molecule has 0 N–H and O–H groups in total. The fraction of sp³-hybridized carbons (Fsp3) is 0.273. The molecular formula is C22H25N3O4S. The van der Waals surface area contributed by atoms with Crippen LogP contribution in [-0.4, -0.2) is 45.9 Å². The van der Waals surface area contributed by atoms with Gasteiger partial charge in [0.2, 0.25) is 4.80 Å². The van der Waals surface area contributed by atoms with E-state index in [9.17, 15) is 0 Å². The molecule has 0 atom stereocenters. The van der Waals surface area contributed by atoms with E-state index in [1.165, 1.54) is 11.3 Å². The van der Waals surface area contributed by atoms with Gasteiger partial charge in [0.1, 0.15) is 23.0 Å². The van der Waals surface area contributed by atoms with E-state index in [0.29, 0.717) is 11.5 Å². The first-order chi connectivity index (χ1) is 14.6. The molecule has 7 nitrogen and oxygen atoms in total. The second-order valence-corrected chi connectivity index (χ2v) is 7.09. The first kappa shape index (κ1) is 21.4. The lowest BCUT2D eigenvalue weighted by molar-refractivity contribution is 0.395. The summed E-state index contributed by atoms with van der Waals surface area (Å²) < 4.78 is 23.6. The van der Waals surface area contributed by atoms with Crippen LogP contribution in [0.1, 0.15) is 12.5 Å². The lowest BCUT2D eigenvalue weighted by Crippen LogP contribution is -2.14. The fourth-order valence-electron chi connectivity index (χ4n) is 3.04. The van der Waals surface area contributed by atoms with Gasteiger partial charge < -0.3 is 18.9 Å². The molecule has 0 aliphatic rings. The van der Waals surface area contributed by atoms with Gasteiger partial charge in [0.25, 0.3) is 0 Å². The topological polar surface area (TPSA) is 66.6 Å². The molecule has 0 saturated heterocycles. The normalized spacial score (nSPS) is 12.1. The highest BCUT2D eigenvalue weighted by Gasteiger charge is 2.15. The standard InChI is InChI=1S/C22H25N3O4S/c1-14(18-11-15(26-3)8-10-20(18)28-5)24-25-19(13-30-22(25)23-2)17-9-7-16(27-4)12-21(17)29-6/h7-13H,1-6H3. The molecule has 0 fully saturated rings. The zero-order chi connectivity index (χ0) is 21.7. The summed E-state index contributed by atoms with van der Waals surface area (Å²) in [5.41, 5.74) is 3.35. The van der Waals surface area contributed by atoms with Crippen LogP contribution in [0.25, 0.3) is 11.3 Å². The summed E-state index contributed by atoms with van der Waals surface area (Å²) >= 11 is 1.50. The summed E-state index contributed by atoms with van der Waals surface area (Å²) in [6.07, 6.45) is 0. The Balaban J connectivity index is 2.18. The molecule has 1 heterocycles. The number of benzene rings is 2. The zero-order valence-corrected chi connectivity index (χ0v) is 18.7. The molecule has 1 aromatic heterocycles. The zero-order valence-electron chi connectivity index (χ0n) is 17.9. The molecule has 2 aromatic carbocycles. The maximum Gasteiger partial charge on any atom is 0.205 e. The molecule has 0 spiro atoms. The SMILES string of the molecule is CN=c1scc(-c2ccc(OC)cc2OC)n1N=C(C)c1cc(OC)ccc1OC. The van der Waals surface area contributed by atoms with E-state index < -0.39 is 0 Å². The molecule has 30 heavy (non-hydrogen) atoms. The quantitative estimate of drug-likeness (QED) is 0.534. The summed E-state index contributed by atoms with van der Waals surface area (Å²) in [5, 5.41) is 6.87. The fourth-order valence-corrected chi connectivity index (χ4v) is 3.83. The summed E-state index contributed by atoms with van der Waals surface area (Å²) in [7, 11) is 8.27. The summed E-state index contributed by atoms with van der Waals surface area (Å²) in [6.45, 7) is 1.93. The maximum atomic E-state index is 5.59. The Kier molecular flexibility index (Phi) is 6.79. The molecule has 0 unspecified atom stereocenters. The van der Waals surface area contributed by atoms with Crippen molar-refractivity contribution in [3.63, 3.8) is 0 Å². The molecule has 0 saturated carbocycles. The molecule has 8 heteroatoms. The van der Waals surface area contributed by atoms with E-state index in [-0.39, 0.29) is 0 Å². The van der Waals surface area contributed by atoms with Gasteiger partial charge in [-0.1, -0.05) is 0 Å². The van der Waals surface area contributed by atoms with Crippen molar-refractivity contribution in [2.24, 2.45) is 10.1 Å². The number of methoxy groups -OCH3 is 4. The van der Waals surface area contributed by atoms with Crippen molar-refractivity contribution < 1.29 is 18.9 Å². The highest BCUT2D eigenvalue weighted by atomic mass is 32.1. The van der Waals surface area contributed by atoms with Gasteiger partial charge in [0.15, 0.2) is 0 Å². The Morgan fingerprint density at radius 3 is 2.17 bits per heavy atom. The first-order valence-corrected chi connectivity index (χ1v) is 10.1. The lowest BCUT2D eigenvalue weighted by atomic mass is 10.1. The highest BCUT2D eigenvalue weighted by Crippen LogP contribution is 2.34. The van der Waals surface area contributed by atoms with E-state index in [2.05, 4.69) is 4.99 Å². The Labute approximate surface area is 179 Å². The Hall–Kier alpha value is -3.26. The van der Waals surface area contributed by atoms with Gasteiger partial charge in [-0.3, -0.25) is 4.99 Å². The minimum absolute atomic E-state index is 0.690. The average molecular weight is 428 g/mol. The molecule has 3 aromatic rings. The van der Waals surface area contributed by atoms with Crippen molar-refractivity contribution in [1.82, 2.24) is 4.68 Å². The van der Waals surface area contributed by atoms with Crippen LogP contribution < -0.4 is 23.7 Å². The number of rotatable bonds is 7. The smallest absolute Gasteiger partial charge is 0.205 e. The number of aromatic nitrogens is 1. The Morgan fingerprint density at radius 2 is 1.53 bits per heavy atom. The molecule has 0 bridgehead atoms. The predicted molar refractivity (Wildman–Crippen MR) is 119 cm³/mol. The van der Waals surface area contributed by atoms with Crippen molar-refractivity contribution in [3.8, 4) is 34.3 Å². The van der Waals surface area contributed by atoms with Crippen LogP contribution in [0.2, 0.25) is 0 Å². The van der Waals surface area contributed by atoms with Crippen molar-refractivity contribution >= 4 is 17.0 Å². The largest absolute Gasteiger partial charge is 0.497 e. The average Bonchev–Trinajstić information content (AvgIpc) is 3.20. The number of thiazole rings is 1. The molecule has 0 aliphatic carbocycles. The van der Waals surface area contributed by atoms with E-state index in [1.807, 2.05) is 53.4 Å². The van der Waals surface area contributed by atoms with E-state index in [0.717, 1.165) is 38.8 Å². The van der Waals surface area contributed by atoms with Gasteiger partial charge in [0.05, 0.1) is 39.8 Å². The van der Waals surface area contributed by atoms with Gasteiger partial charge in [-0.25, -0.2) is 4.68 Å². The molecule has 158 valence electrons. The summed E-state index contributed by atoms with van der Waals surface area (Å²) in [4.78, 5) is 5.14. The van der Waals surface area contributed by atoms with Crippen LogP contribution in [-0.2, 0) is 0 Å². The lowest BCUT2D eigenvalue weighted by Gasteiger charge is -2.13. The van der Waals surface area contributed by atoms with Crippen LogP contribution in [0.3, 0.4) is 0 Å². The number of hydrogen-bond donors (Lipinski definition) is 0. The highest BCUT2D eigenvalue weighted by molar-refractivity contribution is 7.07. The van der Waals surface area contributed by atoms with E-state index in [4.69, 9.17) is 24.0 Å². The van der Waals surface area contributed by atoms with Gasteiger partial charge >= 0.3 is 0 Å².